The molecule has 132 valence electrons. The van der Waals surface area contributed by atoms with Gasteiger partial charge >= 0.3 is 0 Å². The van der Waals surface area contributed by atoms with Crippen LogP contribution in [0.3, 0.4) is 0 Å². The lowest BCUT2D eigenvalue weighted by Gasteiger charge is -2.32. The molecule has 1 aromatic carbocycles. The summed E-state index contributed by atoms with van der Waals surface area (Å²) in [4.78, 5) is 26.0. The number of ether oxygens (including phenoxy) is 1. The van der Waals surface area contributed by atoms with Crippen molar-refractivity contribution in [3.8, 4) is 5.75 Å². The molecule has 1 fully saturated rings. The van der Waals surface area contributed by atoms with Gasteiger partial charge in [-0.2, -0.15) is 0 Å². The first-order chi connectivity index (χ1) is 12.0. The molecule has 0 saturated carbocycles. The zero-order valence-corrected chi connectivity index (χ0v) is 14.7. The lowest BCUT2D eigenvalue weighted by molar-refractivity contribution is 0.0598. The van der Waals surface area contributed by atoms with Crippen LogP contribution in [0.15, 0.2) is 45.6 Å². The molecule has 5 heteroatoms. The molecule has 0 unspecified atom stereocenters. The minimum absolute atomic E-state index is 0.116. The van der Waals surface area contributed by atoms with Gasteiger partial charge in [-0.3, -0.25) is 9.59 Å². The van der Waals surface area contributed by atoms with Gasteiger partial charge in [0.15, 0.2) is 11.2 Å². The van der Waals surface area contributed by atoms with Gasteiger partial charge in [-0.1, -0.05) is 12.1 Å². The van der Waals surface area contributed by atoms with Crippen LogP contribution in [0.4, 0.5) is 0 Å². The predicted molar refractivity (Wildman–Crippen MR) is 95.0 cm³/mol. The van der Waals surface area contributed by atoms with E-state index in [9.17, 15) is 9.59 Å². The number of aryl methyl sites for hydroxylation is 2. The summed E-state index contributed by atoms with van der Waals surface area (Å²) < 4.78 is 11.3. The molecule has 1 aliphatic rings. The van der Waals surface area contributed by atoms with E-state index in [1.54, 1.807) is 11.8 Å². The molecule has 3 rings (SSSR count). The smallest absolute Gasteiger partial charge is 0.289 e. The fourth-order valence-electron chi connectivity index (χ4n) is 3.17. The quantitative estimate of drug-likeness (QED) is 0.857. The number of hydrogen-bond donors (Lipinski definition) is 0. The number of piperidine rings is 1. The maximum Gasteiger partial charge on any atom is 0.289 e. The Labute approximate surface area is 147 Å². The Kier molecular flexibility index (Phi) is 5.22. The van der Waals surface area contributed by atoms with Crippen molar-refractivity contribution >= 4 is 5.91 Å². The van der Waals surface area contributed by atoms with Crippen LogP contribution in [-0.2, 0) is 0 Å². The van der Waals surface area contributed by atoms with Crippen molar-refractivity contribution in [1.82, 2.24) is 4.90 Å². The number of carbonyl (C=O) groups is 1. The highest BCUT2D eigenvalue weighted by Crippen LogP contribution is 2.21. The molecule has 0 spiro atoms. The first kappa shape index (κ1) is 17.3. The highest BCUT2D eigenvalue weighted by Gasteiger charge is 2.26. The second-order valence-corrected chi connectivity index (χ2v) is 6.65. The lowest BCUT2D eigenvalue weighted by atomic mass is 9.98. The van der Waals surface area contributed by atoms with Gasteiger partial charge in [-0.05, 0) is 44.4 Å². The zero-order valence-electron chi connectivity index (χ0n) is 14.7. The Bertz CT molecular complexity index is 811. The zero-order chi connectivity index (χ0) is 17.8. The van der Waals surface area contributed by atoms with Gasteiger partial charge < -0.3 is 14.1 Å². The molecule has 0 radical (unpaired) electrons. The second-order valence-electron chi connectivity index (χ2n) is 6.65. The molecular formula is C20H23NO4. The number of likely N-dealkylation sites (tertiary alicyclic amines) is 1. The Morgan fingerprint density at radius 2 is 2.12 bits per heavy atom. The van der Waals surface area contributed by atoms with Crippen molar-refractivity contribution < 1.29 is 13.9 Å². The molecule has 0 N–H and O–H groups in total. The molecule has 2 heterocycles. The molecule has 25 heavy (non-hydrogen) atoms. The number of carbonyl (C=O) groups excluding carboxylic acids is 1. The van der Waals surface area contributed by atoms with Gasteiger partial charge in [0.25, 0.3) is 5.91 Å². The summed E-state index contributed by atoms with van der Waals surface area (Å²) >= 11 is 0. The number of rotatable bonds is 4. The fourth-order valence-corrected chi connectivity index (χ4v) is 3.17. The Balaban J connectivity index is 1.62. The molecule has 1 atom stereocenters. The summed E-state index contributed by atoms with van der Waals surface area (Å²) in [6.07, 6.45) is 1.94. The summed E-state index contributed by atoms with van der Waals surface area (Å²) in [5.74, 6) is 1.47. The summed E-state index contributed by atoms with van der Waals surface area (Å²) in [7, 11) is 0. The van der Waals surface area contributed by atoms with E-state index >= 15 is 0 Å². The van der Waals surface area contributed by atoms with E-state index < -0.39 is 0 Å². The topological polar surface area (TPSA) is 59.8 Å². The van der Waals surface area contributed by atoms with Gasteiger partial charge in [0.1, 0.15) is 11.5 Å². The monoisotopic (exact) mass is 341 g/mol. The van der Waals surface area contributed by atoms with Crippen LogP contribution >= 0.6 is 0 Å². The molecular weight excluding hydrogens is 318 g/mol. The average molecular weight is 341 g/mol. The maximum atomic E-state index is 12.6. The maximum absolute atomic E-state index is 12.6. The standard InChI is InChI=1S/C20H23NO4/c1-14-5-3-7-18(9-14)24-13-16-6-4-8-21(12-16)20(23)19-11-17(22)10-15(2)25-19/h3,5,7,9-11,16H,4,6,8,12-13H2,1-2H3/t16-/m0/s1. The van der Waals surface area contributed by atoms with Gasteiger partial charge in [-0.25, -0.2) is 0 Å². The van der Waals surface area contributed by atoms with E-state index in [0.717, 1.165) is 24.2 Å². The van der Waals surface area contributed by atoms with Crippen LogP contribution in [0.25, 0.3) is 0 Å². The van der Waals surface area contributed by atoms with Crippen LogP contribution in [0.2, 0.25) is 0 Å². The summed E-state index contributed by atoms with van der Waals surface area (Å²) in [5.41, 5.74) is 0.955. The van der Waals surface area contributed by atoms with Gasteiger partial charge in [0.2, 0.25) is 0 Å². The first-order valence-electron chi connectivity index (χ1n) is 8.62. The van der Waals surface area contributed by atoms with Crippen LogP contribution in [-0.4, -0.2) is 30.5 Å². The van der Waals surface area contributed by atoms with Crippen LogP contribution in [0.5, 0.6) is 5.75 Å². The highest BCUT2D eigenvalue weighted by molar-refractivity contribution is 5.91. The van der Waals surface area contributed by atoms with E-state index in [-0.39, 0.29) is 23.0 Å². The minimum atomic E-state index is -0.221. The molecule has 5 nitrogen and oxygen atoms in total. The van der Waals surface area contributed by atoms with E-state index in [0.29, 0.717) is 25.5 Å². The highest BCUT2D eigenvalue weighted by atomic mass is 16.5. The van der Waals surface area contributed by atoms with Crippen molar-refractivity contribution in [2.75, 3.05) is 19.7 Å². The lowest BCUT2D eigenvalue weighted by Crippen LogP contribution is -2.41. The minimum Gasteiger partial charge on any atom is -0.493 e. The number of hydrogen-bond acceptors (Lipinski definition) is 4. The SMILES string of the molecule is Cc1cccc(OC[C@H]2CCCN(C(=O)c3cc(=O)cc(C)o3)C2)c1. The molecule has 1 aromatic heterocycles. The van der Waals surface area contributed by atoms with Crippen molar-refractivity contribution in [1.29, 1.82) is 0 Å². The molecule has 1 aliphatic heterocycles. The number of benzene rings is 1. The van der Waals surface area contributed by atoms with E-state index in [2.05, 4.69) is 0 Å². The third-order valence-electron chi connectivity index (χ3n) is 4.38. The third-order valence-corrected chi connectivity index (χ3v) is 4.38. The van der Waals surface area contributed by atoms with Crippen molar-refractivity contribution in [3.05, 3.63) is 63.7 Å². The van der Waals surface area contributed by atoms with Gasteiger partial charge in [-0.15, -0.1) is 0 Å². The normalized spacial score (nSPS) is 17.4. The molecule has 0 aliphatic carbocycles. The first-order valence-corrected chi connectivity index (χ1v) is 8.62. The fraction of sp³-hybridized carbons (Fsp3) is 0.400. The van der Waals surface area contributed by atoms with Gasteiger partial charge in [0, 0.05) is 31.1 Å². The molecule has 2 aromatic rings. The molecule has 0 bridgehead atoms. The van der Waals surface area contributed by atoms with Gasteiger partial charge in [0.05, 0.1) is 6.61 Å². The Morgan fingerprint density at radius 3 is 2.88 bits per heavy atom. The summed E-state index contributed by atoms with van der Waals surface area (Å²) in [6, 6.07) is 10.6. The average Bonchev–Trinajstić information content (AvgIpc) is 2.59. The molecule has 1 saturated heterocycles. The van der Waals surface area contributed by atoms with Crippen LogP contribution < -0.4 is 10.2 Å². The summed E-state index contributed by atoms with van der Waals surface area (Å²) in [5, 5.41) is 0. The van der Waals surface area contributed by atoms with Crippen molar-refractivity contribution in [3.63, 3.8) is 0 Å². The van der Waals surface area contributed by atoms with Crippen molar-refractivity contribution in [2.45, 2.75) is 26.7 Å². The van der Waals surface area contributed by atoms with Crippen molar-refractivity contribution in [2.24, 2.45) is 5.92 Å². The third kappa shape index (κ3) is 4.50. The Hall–Kier alpha value is -2.56. The van der Waals surface area contributed by atoms with E-state index in [1.807, 2.05) is 31.2 Å². The molecule has 1 amide bonds. The van der Waals surface area contributed by atoms with Crippen LogP contribution in [0, 0.1) is 19.8 Å². The second kappa shape index (κ2) is 7.55. The van der Waals surface area contributed by atoms with E-state index in [4.69, 9.17) is 9.15 Å². The largest absolute Gasteiger partial charge is 0.493 e. The summed E-state index contributed by atoms with van der Waals surface area (Å²) in [6.45, 7) is 5.57. The predicted octanol–water partition coefficient (Wildman–Crippen LogP) is 3.19. The number of amides is 1. The van der Waals surface area contributed by atoms with Crippen LogP contribution in [0.1, 0.15) is 34.7 Å². The Morgan fingerprint density at radius 1 is 1.28 bits per heavy atom. The number of nitrogens with zero attached hydrogens (tertiary/aromatic N) is 1. The van der Waals surface area contributed by atoms with E-state index in [1.165, 1.54) is 12.1 Å².